The second-order valence-electron chi connectivity index (χ2n) is 6.22. The third-order valence-corrected chi connectivity index (χ3v) is 7.43. The monoisotopic (exact) mass is 464 g/mol. The van der Waals surface area contributed by atoms with Crippen molar-refractivity contribution in [2.24, 2.45) is 0 Å². The van der Waals surface area contributed by atoms with Gasteiger partial charge < -0.3 is 4.90 Å². The van der Waals surface area contributed by atoms with Crippen LogP contribution in [0.2, 0.25) is 5.02 Å². The Labute approximate surface area is 175 Å². The van der Waals surface area contributed by atoms with E-state index in [1.165, 1.54) is 22.3 Å². The second-order valence-corrected chi connectivity index (χ2v) is 9.54. The fourth-order valence-corrected chi connectivity index (χ4v) is 5.12. The van der Waals surface area contributed by atoms with Crippen LogP contribution in [-0.4, -0.2) is 49.7 Å². The number of hydrogen-bond donors (Lipinski definition) is 0. The van der Waals surface area contributed by atoms with Crippen LogP contribution in [0.25, 0.3) is 6.08 Å². The van der Waals surface area contributed by atoms with Crippen molar-refractivity contribution in [3.05, 3.63) is 57.3 Å². The molecule has 29 heavy (non-hydrogen) atoms. The van der Waals surface area contributed by atoms with Gasteiger partial charge in [-0.1, -0.05) is 17.7 Å². The number of nitrogens with zero attached hydrogens (tertiary/aromatic N) is 2. The standard InChI is InChI=1S/C18H16ClF3N2O3S2/c19-16-5-4-14(12-15(16)18(20,21)22)29(26,27)24-9-7-23(8-10-24)17(25)6-3-13-2-1-11-28-13/h1-6,11-12H,7-10H2. The lowest BCUT2D eigenvalue weighted by Gasteiger charge is -2.33. The summed E-state index contributed by atoms with van der Waals surface area (Å²) >= 11 is 7.04. The highest BCUT2D eigenvalue weighted by molar-refractivity contribution is 7.89. The minimum atomic E-state index is -4.76. The molecular weight excluding hydrogens is 449 g/mol. The molecule has 1 aliphatic heterocycles. The normalized spacial score (nSPS) is 16.5. The lowest BCUT2D eigenvalue weighted by molar-refractivity contribution is -0.137. The van der Waals surface area contributed by atoms with Gasteiger partial charge in [-0.3, -0.25) is 4.79 Å². The van der Waals surface area contributed by atoms with E-state index in [0.717, 1.165) is 21.3 Å². The van der Waals surface area contributed by atoms with E-state index < -0.39 is 31.7 Å². The van der Waals surface area contributed by atoms with Gasteiger partial charge in [-0.05, 0) is 35.7 Å². The Kier molecular flexibility index (Phi) is 6.37. The van der Waals surface area contributed by atoms with Crippen molar-refractivity contribution in [2.45, 2.75) is 11.1 Å². The maximum Gasteiger partial charge on any atom is 0.417 e. The topological polar surface area (TPSA) is 57.7 Å². The van der Waals surface area contributed by atoms with Gasteiger partial charge in [0.2, 0.25) is 15.9 Å². The summed E-state index contributed by atoms with van der Waals surface area (Å²) in [6.45, 7) is 0.273. The summed E-state index contributed by atoms with van der Waals surface area (Å²) in [5.41, 5.74) is -1.20. The SMILES string of the molecule is O=C(C=Cc1cccs1)N1CCN(S(=O)(=O)c2ccc(Cl)c(C(F)(F)F)c2)CC1. The van der Waals surface area contributed by atoms with Crippen molar-refractivity contribution >= 4 is 44.9 Å². The Bertz CT molecular complexity index is 1010. The predicted octanol–water partition coefficient (Wildman–Crippen LogP) is 3.97. The summed E-state index contributed by atoms with van der Waals surface area (Å²) in [4.78, 5) is 14.2. The first kappa shape index (κ1) is 21.8. The molecule has 0 bridgehead atoms. The molecule has 0 spiro atoms. The van der Waals surface area contributed by atoms with Gasteiger partial charge in [0, 0.05) is 37.1 Å². The molecule has 1 saturated heterocycles. The molecule has 0 N–H and O–H groups in total. The molecule has 1 amide bonds. The third kappa shape index (κ3) is 5.00. The summed E-state index contributed by atoms with van der Waals surface area (Å²) < 4.78 is 65.6. The molecule has 2 aromatic rings. The van der Waals surface area contributed by atoms with Crippen LogP contribution in [0.4, 0.5) is 13.2 Å². The molecule has 3 rings (SSSR count). The zero-order valence-corrected chi connectivity index (χ0v) is 17.3. The summed E-state index contributed by atoms with van der Waals surface area (Å²) in [6, 6.07) is 6.24. The molecule has 1 aromatic heterocycles. The highest BCUT2D eigenvalue weighted by Gasteiger charge is 2.36. The van der Waals surface area contributed by atoms with E-state index in [4.69, 9.17) is 11.6 Å². The molecule has 5 nitrogen and oxygen atoms in total. The van der Waals surface area contributed by atoms with Crippen molar-refractivity contribution in [2.75, 3.05) is 26.2 Å². The molecule has 1 aromatic carbocycles. The van der Waals surface area contributed by atoms with E-state index in [2.05, 4.69) is 0 Å². The van der Waals surface area contributed by atoms with Crippen molar-refractivity contribution in [3.8, 4) is 0 Å². The van der Waals surface area contributed by atoms with Crippen LogP contribution >= 0.6 is 22.9 Å². The second kappa shape index (κ2) is 8.47. The highest BCUT2D eigenvalue weighted by Crippen LogP contribution is 2.36. The molecule has 0 radical (unpaired) electrons. The van der Waals surface area contributed by atoms with Gasteiger partial charge >= 0.3 is 6.18 Å². The number of sulfonamides is 1. The molecule has 0 aliphatic carbocycles. The van der Waals surface area contributed by atoms with E-state index in [1.54, 1.807) is 6.08 Å². The maximum atomic E-state index is 13.0. The average molecular weight is 465 g/mol. The van der Waals surface area contributed by atoms with Crippen LogP contribution in [-0.2, 0) is 21.0 Å². The average Bonchev–Trinajstić information content (AvgIpc) is 3.19. The molecule has 11 heteroatoms. The number of carbonyl (C=O) groups excluding carboxylic acids is 1. The minimum absolute atomic E-state index is 0.00903. The molecule has 1 aliphatic rings. The Hall–Kier alpha value is -1.88. The third-order valence-electron chi connectivity index (χ3n) is 4.36. The maximum absolute atomic E-state index is 13.0. The molecular formula is C18H16ClF3N2O3S2. The van der Waals surface area contributed by atoms with E-state index in [0.29, 0.717) is 6.07 Å². The smallest absolute Gasteiger partial charge is 0.337 e. The van der Waals surface area contributed by atoms with Crippen molar-refractivity contribution in [3.63, 3.8) is 0 Å². The van der Waals surface area contributed by atoms with Crippen molar-refractivity contribution < 1.29 is 26.4 Å². The highest BCUT2D eigenvalue weighted by atomic mass is 35.5. The first-order valence-electron chi connectivity index (χ1n) is 8.46. The van der Waals surface area contributed by atoms with Gasteiger partial charge in [-0.2, -0.15) is 17.5 Å². The summed E-state index contributed by atoms with van der Waals surface area (Å²) in [6.07, 6.45) is -1.66. The number of halogens is 4. The lowest BCUT2D eigenvalue weighted by atomic mass is 10.2. The predicted molar refractivity (Wildman–Crippen MR) is 105 cm³/mol. The van der Waals surface area contributed by atoms with E-state index in [-0.39, 0.29) is 32.1 Å². The van der Waals surface area contributed by atoms with Crippen LogP contribution in [0, 0.1) is 0 Å². The molecule has 1 fully saturated rings. The largest absolute Gasteiger partial charge is 0.417 e. The van der Waals surface area contributed by atoms with Crippen LogP contribution < -0.4 is 0 Å². The zero-order valence-electron chi connectivity index (χ0n) is 14.9. The van der Waals surface area contributed by atoms with Crippen LogP contribution in [0.5, 0.6) is 0 Å². The number of benzene rings is 1. The number of piperazine rings is 1. The van der Waals surface area contributed by atoms with Gasteiger partial charge in [0.15, 0.2) is 0 Å². The van der Waals surface area contributed by atoms with Crippen LogP contribution in [0.1, 0.15) is 10.4 Å². The van der Waals surface area contributed by atoms with Crippen molar-refractivity contribution in [1.29, 1.82) is 0 Å². The number of amides is 1. The molecule has 2 heterocycles. The van der Waals surface area contributed by atoms with Gasteiger partial charge in [0.1, 0.15) is 0 Å². The first-order valence-corrected chi connectivity index (χ1v) is 11.2. The molecule has 156 valence electrons. The van der Waals surface area contributed by atoms with E-state index in [9.17, 15) is 26.4 Å². The van der Waals surface area contributed by atoms with E-state index in [1.807, 2.05) is 17.5 Å². The van der Waals surface area contributed by atoms with Gasteiger partial charge in [0.05, 0.1) is 15.5 Å². The number of alkyl halides is 3. The molecule has 0 atom stereocenters. The summed E-state index contributed by atoms with van der Waals surface area (Å²) in [5, 5.41) is 1.32. The number of rotatable bonds is 4. The Morgan fingerprint density at radius 2 is 1.83 bits per heavy atom. The number of carbonyl (C=O) groups is 1. The Morgan fingerprint density at radius 3 is 2.41 bits per heavy atom. The molecule has 0 unspecified atom stereocenters. The van der Waals surface area contributed by atoms with Gasteiger partial charge in [0.25, 0.3) is 0 Å². The zero-order chi connectivity index (χ0) is 21.2. The summed E-state index contributed by atoms with van der Waals surface area (Å²) in [5.74, 6) is -0.249. The fraction of sp³-hybridized carbons (Fsp3) is 0.278. The minimum Gasteiger partial charge on any atom is -0.337 e. The Morgan fingerprint density at radius 1 is 1.14 bits per heavy atom. The number of hydrogen-bond acceptors (Lipinski definition) is 4. The summed E-state index contributed by atoms with van der Waals surface area (Å²) in [7, 11) is -4.14. The fourth-order valence-electron chi connectivity index (χ4n) is 2.82. The van der Waals surface area contributed by atoms with Crippen molar-refractivity contribution in [1.82, 2.24) is 9.21 Å². The molecule has 0 saturated carbocycles. The quantitative estimate of drug-likeness (QED) is 0.643. The first-order chi connectivity index (χ1) is 13.6. The van der Waals surface area contributed by atoms with Gasteiger partial charge in [-0.15, -0.1) is 11.3 Å². The lowest BCUT2D eigenvalue weighted by Crippen LogP contribution is -2.50. The number of thiophene rings is 1. The van der Waals surface area contributed by atoms with E-state index >= 15 is 0 Å². The van der Waals surface area contributed by atoms with Crippen LogP contribution in [0.15, 0.2) is 46.7 Å². The Balaban J connectivity index is 1.69. The van der Waals surface area contributed by atoms with Crippen LogP contribution in [0.3, 0.4) is 0 Å². The van der Waals surface area contributed by atoms with Gasteiger partial charge in [-0.25, -0.2) is 8.42 Å².